The predicted molar refractivity (Wildman–Crippen MR) is 325 cm³/mol. The molecule has 0 amide bonds. The number of nitrogens with zero attached hydrogens (tertiary/aromatic N) is 4. The number of rotatable bonds is 0. The molecule has 10 aromatic heterocycles. The Morgan fingerprint density at radius 1 is 0.212 bits per heavy atom. The molecule has 0 saturated carbocycles. The van der Waals surface area contributed by atoms with E-state index in [4.69, 9.17) is 28.4 Å². The Morgan fingerprint density at radius 3 is 0.625 bits per heavy atom. The predicted octanol–water partition coefficient (Wildman–Crippen LogP) is 10.1. The molecule has 13 heterocycles. The summed E-state index contributed by atoms with van der Waals surface area (Å²) >= 11 is 11.1. The van der Waals surface area contributed by atoms with Gasteiger partial charge in [-0.15, -0.1) is 68.0 Å². The second-order valence-corrected chi connectivity index (χ2v) is 26.5. The molecule has 3 aliphatic heterocycles. The summed E-state index contributed by atoms with van der Waals surface area (Å²) in [5.74, 6) is 0. The lowest BCUT2D eigenvalue weighted by atomic mass is 10.4. The number of fused-ring (bicyclic) bond motifs is 8. The quantitative estimate of drug-likeness (QED) is 0.151. The van der Waals surface area contributed by atoms with Crippen molar-refractivity contribution in [3.63, 3.8) is 0 Å². The van der Waals surface area contributed by atoms with Crippen molar-refractivity contribution in [1.29, 1.82) is 0 Å². The molecule has 0 saturated heterocycles. The van der Waals surface area contributed by atoms with Crippen molar-refractivity contribution >= 4 is 92.3 Å². The second kappa shape index (κ2) is 25.8. The van der Waals surface area contributed by atoms with Crippen LogP contribution in [-0.4, -0.2) is 97.6 Å². The van der Waals surface area contributed by atoms with E-state index >= 15 is 0 Å². The maximum absolute atomic E-state index is 6.09. The third-order valence-corrected chi connectivity index (χ3v) is 21.2. The highest BCUT2D eigenvalue weighted by molar-refractivity contribution is 7.09. The lowest BCUT2D eigenvalue weighted by molar-refractivity contribution is 0.0128. The molecule has 80 heavy (non-hydrogen) atoms. The summed E-state index contributed by atoms with van der Waals surface area (Å²) in [6.45, 7) is 10.6. The zero-order chi connectivity index (χ0) is 53.5. The van der Waals surface area contributed by atoms with Crippen LogP contribution >= 0.6 is 68.0 Å². The molecule has 0 aromatic carbocycles. The van der Waals surface area contributed by atoms with Crippen LogP contribution in [0.5, 0.6) is 0 Å². The van der Waals surface area contributed by atoms with E-state index in [1.54, 1.807) is 0 Å². The van der Waals surface area contributed by atoms with Crippen molar-refractivity contribution < 1.29 is 28.4 Å². The van der Waals surface area contributed by atoms with E-state index in [1.165, 1.54) is 97.2 Å². The van der Waals surface area contributed by atoms with E-state index < -0.39 is 0 Å². The summed E-state index contributed by atoms with van der Waals surface area (Å²) in [5, 5.41) is 9.86. The number of aromatic nitrogens is 4. The fourth-order valence-corrected chi connectivity index (χ4v) is 16.7. The minimum atomic E-state index is 0.561. The third-order valence-electron chi connectivity index (χ3n) is 14.7. The number of thiophene rings is 6. The van der Waals surface area contributed by atoms with Gasteiger partial charge in [0.1, 0.15) is 0 Å². The van der Waals surface area contributed by atoms with Crippen LogP contribution < -0.4 is 18.1 Å². The molecule has 0 fully saturated rings. The molecule has 412 valence electrons. The summed E-state index contributed by atoms with van der Waals surface area (Å²) in [5.41, 5.74) is 0. The Hall–Kier alpha value is -5.44. The minimum absolute atomic E-state index is 0.561. The third kappa shape index (κ3) is 12.2. The van der Waals surface area contributed by atoms with Crippen LogP contribution in [0.3, 0.4) is 0 Å². The smallest absolute Gasteiger partial charge is 0.0701 e. The topological polar surface area (TPSA) is 75.1 Å². The van der Waals surface area contributed by atoms with E-state index in [0.29, 0.717) is 79.3 Å². The molecule has 10 nitrogen and oxygen atoms in total. The Morgan fingerprint density at radius 2 is 0.400 bits per heavy atom. The van der Waals surface area contributed by atoms with Crippen LogP contribution in [0, 0.1) is 79.1 Å². The monoisotopic (exact) mass is 1180 g/mol. The van der Waals surface area contributed by atoms with Gasteiger partial charge in [0.25, 0.3) is 0 Å². The number of ether oxygens (including phenoxy) is 6. The zero-order valence-corrected chi connectivity index (χ0v) is 49.6. The van der Waals surface area contributed by atoms with Gasteiger partial charge >= 0.3 is 0 Å². The largest absolute Gasteiger partial charge is 0.379 e. The Labute approximate surface area is 485 Å². The Kier molecular flexibility index (Phi) is 17.4. The first-order valence-electron chi connectivity index (χ1n) is 27.9. The van der Waals surface area contributed by atoms with Gasteiger partial charge in [0.05, 0.1) is 132 Å². The zero-order valence-electron chi connectivity index (χ0n) is 44.7. The van der Waals surface area contributed by atoms with Crippen molar-refractivity contribution in [1.82, 2.24) is 18.3 Å². The van der Waals surface area contributed by atoms with Crippen LogP contribution in [-0.2, 0) is 54.6 Å². The number of hydrogen-bond donors (Lipinski definition) is 0. The van der Waals surface area contributed by atoms with Gasteiger partial charge in [0.2, 0.25) is 0 Å². The first-order chi connectivity index (χ1) is 39.7. The van der Waals surface area contributed by atoms with E-state index in [-0.39, 0.29) is 0 Å². The Bertz CT molecular complexity index is 4280. The van der Waals surface area contributed by atoms with Gasteiger partial charge in [-0.1, -0.05) is 0 Å². The number of hydrogen-bond acceptors (Lipinski definition) is 12. The van der Waals surface area contributed by atoms with Gasteiger partial charge in [0.15, 0.2) is 0 Å². The van der Waals surface area contributed by atoms with Crippen LogP contribution in [0.4, 0.5) is 0 Å². The maximum atomic E-state index is 6.09. The van der Waals surface area contributed by atoms with Crippen molar-refractivity contribution in [3.8, 4) is 0 Å². The molecule has 16 heteroatoms. The lowest BCUT2D eigenvalue weighted by Crippen LogP contribution is -2.12. The normalized spacial score (nSPS) is 17.9. The van der Waals surface area contributed by atoms with Crippen LogP contribution in [0.2, 0.25) is 0 Å². The molecule has 24 bridgehead atoms. The molecule has 0 radical (unpaired) electrons. The molecular weight excluding hydrogens is 1110 g/mol. The standard InChI is InChI=1S/C64H64N4O6S6/c1-29-65-49-13-17-53(65)61-25-26-62(79-61)54-18-14-50(66(54)30-2-34-70-38-42-73-41-37-69-33-1)58-23-11-47(77-58)7-8-48-12-24-60(78-48)52-16-20-56-64-28-27-63(80-64)55-19-15-51(59-22-10-46(76-59)6-5-45-9-21-57(49)75-45)67(55)31-3-35-71-39-43-74-44-40-72-36-4-32-68(52)56/h5-28H,1-4,29-44H2/b6-5?,8-7?,45-5?,46-6?,47-7?,48-8?,57-49-,58-50+,59-51?,60-52?,61-53+,62-54?,63-55?,64-56?. The summed E-state index contributed by atoms with van der Waals surface area (Å²) in [4.78, 5) is 0. The first kappa shape index (κ1) is 53.8. The molecule has 0 atom stereocenters. The van der Waals surface area contributed by atoms with Crippen molar-refractivity contribution in [2.45, 2.75) is 51.9 Å². The average Bonchev–Trinajstić information content (AvgIpc) is 4.34. The molecule has 10 aromatic rings. The summed E-state index contributed by atoms with van der Waals surface area (Å²) < 4.78 is 61.2. The molecule has 0 spiro atoms. The molecule has 0 N–H and O–H groups in total. The van der Waals surface area contributed by atoms with Gasteiger partial charge < -0.3 is 46.7 Å². The maximum Gasteiger partial charge on any atom is 0.0701 e. The van der Waals surface area contributed by atoms with Crippen molar-refractivity contribution in [2.75, 3.05) is 79.3 Å². The minimum Gasteiger partial charge on any atom is -0.379 e. The highest BCUT2D eigenvalue weighted by Crippen LogP contribution is 2.18. The average molecular weight is 1180 g/mol. The van der Waals surface area contributed by atoms with Gasteiger partial charge in [-0.3, -0.25) is 0 Å². The fraction of sp³-hybridized carbons (Fsp3) is 0.312. The summed E-state index contributed by atoms with van der Waals surface area (Å²) in [6.07, 6.45) is 12.7. The van der Waals surface area contributed by atoms with Gasteiger partial charge in [-0.2, -0.15) is 0 Å². The van der Waals surface area contributed by atoms with Crippen molar-refractivity contribution in [2.24, 2.45) is 0 Å². The van der Waals surface area contributed by atoms with E-state index in [9.17, 15) is 0 Å². The van der Waals surface area contributed by atoms with Crippen LogP contribution in [0.15, 0.2) is 121 Å². The van der Waals surface area contributed by atoms with Crippen molar-refractivity contribution in [3.05, 3.63) is 219 Å². The van der Waals surface area contributed by atoms with Gasteiger partial charge in [0, 0.05) is 70.7 Å². The fourth-order valence-electron chi connectivity index (χ4n) is 10.8. The molecule has 0 unspecified atom stereocenters. The van der Waals surface area contributed by atoms with Crippen LogP contribution in [0.25, 0.3) is 24.3 Å². The Balaban J connectivity index is 1.04. The van der Waals surface area contributed by atoms with Gasteiger partial charge in [-0.25, -0.2) is 0 Å². The highest BCUT2D eigenvalue weighted by Gasteiger charge is 2.09. The summed E-state index contributed by atoms with van der Waals surface area (Å²) in [6, 6.07) is 46.0. The first-order valence-corrected chi connectivity index (χ1v) is 32.8. The molecular formula is C64H64N4O6S6. The highest BCUT2D eigenvalue weighted by atomic mass is 32.1. The molecule has 3 aliphatic rings. The molecule has 0 aliphatic carbocycles. The lowest BCUT2D eigenvalue weighted by Gasteiger charge is -2.09. The SMILES string of the molecule is C1=c2ccc(s2)=c2ccc3n2CCCOCCOCCOCCCn2c(ccc2=c2ccc=3s2)=c2ccc(s2)=CC=c2cc/c(s2)=c2/ccc3n2CCCOCCOCCOCCCn2/c(cc/c2=c2/ccc=3s2)=c2/ccc(s2)=C1. The molecule has 13 rings (SSSR count). The van der Waals surface area contributed by atoms with E-state index in [0.717, 1.165) is 51.9 Å². The van der Waals surface area contributed by atoms with Crippen LogP contribution in [0.1, 0.15) is 25.7 Å². The summed E-state index contributed by atoms with van der Waals surface area (Å²) in [7, 11) is 0. The van der Waals surface area contributed by atoms with Gasteiger partial charge in [-0.05, 0) is 171 Å². The second-order valence-electron chi connectivity index (χ2n) is 19.9. The van der Waals surface area contributed by atoms with E-state index in [1.807, 2.05) is 68.0 Å². The van der Waals surface area contributed by atoms with E-state index in [2.05, 4.69) is 164 Å².